The fourth-order valence-electron chi connectivity index (χ4n) is 5.09. The van der Waals surface area contributed by atoms with Gasteiger partial charge in [-0.05, 0) is 36.0 Å². The van der Waals surface area contributed by atoms with Gasteiger partial charge in [0, 0.05) is 36.4 Å². The van der Waals surface area contributed by atoms with Crippen LogP contribution in [0.15, 0.2) is 60.8 Å². The minimum Gasteiger partial charge on any atom is -0.481 e. The molecule has 252 valence electrons. The van der Waals surface area contributed by atoms with Crippen LogP contribution in [0.3, 0.4) is 0 Å². The van der Waals surface area contributed by atoms with Crippen molar-refractivity contribution in [1.29, 1.82) is 0 Å². The third kappa shape index (κ3) is 11.3. The summed E-state index contributed by atoms with van der Waals surface area (Å²) in [4.78, 5) is 79.2. The number of rotatable bonds is 18. The fraction of sp³-hybridized carbons (Fsp3) is 0.394. The van der Waals surface area contributed by atoms with E-state index in [1.807, 2.05) is 32.0 Å². The summed E-state index contributed by atoms with van der Waals surface area (Å²) in [5, 5.41) is 30.2. The van der Waals surface area contributed by atoms with Crippen LogP contribution in [0, 0.1) is 5.92 Å². The maximum Gasteiger partial charge on any atom is 0.326 e. The van der Waals surface area contributed by atoms with Gasteiger partial charge in [-0.25, -0.2) is 4.79 Å². The normalized spacial score (nSPS) is 13.6. The Morgan fingerprint density at radius 1 is 0.745 bits per heavy atom. The molecule has 1 aromatic heterocycles. The van der Waals surface area contributed by atoms with Crippen molar-refractivity contribution in [2.24, 2.45) is 11.7 Å². The van der Waals surface area contributed by atoms with Gasteiger partial charge in [-0.1, -0.05) is 62.4 Å². The maximum absolute atomic E-state index is 13.7. The largest absolute Gasteiger partial charge is 0.481 e. The van der Waals surface area contributed by atoms with Crippen molar-refractivity contribution in [1.82, 2.24) is 26.3 Å². The molecular weight excluding hydrogens is 608 g/mol. The molecule has 3 rings (SSSR count). The first-order valence-electron chi connectivity index (χ1n) is 15.3. The average Bonchev–Trinajstić information content (AvgIpc) is 3.44. The summed E-state index contributed by atoms with van der Waals surface area (Å²) in [7, 11) is 0. The second-order valence-corrected chi connectivity index (χ2v) is 11.7. The molecule has 0 fully saturated rings. The first-order chi connectivity index (χ1) is 22.4. The molecule has 1 heterocycles. The van der Waals surface area contributed by atoms with Gasteiger partial charge in [-0.3, -0.25) is 24.0 Å². The van der Waals surface area contributed by atoms with E-state index in [-0.39, 0.29) is 38.1 Å². The van der Waals surface area contributed by atoms with E-state index in [0.717, 1.165) is 10.9 Å². The molecule has 0 bridgehead atoms. The molecule has 0 spiro atoms. The highest BCUT2D eigenvalue weighted by atomic mass is 16.4. The highest BCUT2D eigenvalue weighted by molar-refractivity contribution is 5.95. The fourth-order valence-corrected chi connectivity index (χ4v) is 5.09. The Labute approximate surface area is 271 Å². The molecule has 0 aliphatic carbocycles. The van der Waals surface area contributed by atoms with Gasteiger partial charge in [-0.15, -0.1) is 0 Å². The molecule has 47 heavy (non-hydrogen) atoms. The number of nitrogens with two attached hydrogens (primary N) is 1. The molecule has 9 N–H and O–H groups in total. The van der Waals surface area contributed by atoms with Gasteiger partial charge in [0.25, 0.3) is 0 Å². The lowest BCUT2D eigenvalue weighted by Crippen LogP contribution is -2.58. The molecule has 0 aliphatic heterocycles. The lowest BCUT2D eigenvalue weighted by Gasteiger charge is -2.26. The highest BCUT2D eigenvalue weighted by Crippen LogP contribution is 2.19. The Bertz CT molecular complexity index is 1560. The second kappa shape index (κ2) is 17.5. The minimum atomic E-state index is -1.44. The molecule has 0 unspecified atom stereocenters. The SMILES string of the molecule is CC(C)C[C@H](NC(=O)CN)C(=O)N[C@@H](Cc1ccccc1)C(=O)N[C@@H](CCC(=O)O)C(=O)N[C@@H](Cc1c[nH]c2ccccc12)C(=O)O. The van der Waals surface area contributed by atoms with Gasteiger partial charge < -0.3 is 42.2 Å². The van der Waals surface area contributed by atoms with Gasteiger partial charge in [0.05, 0.1) is 6.54 Å². The third-order valence-corrected chi connectivity index (χ3v) is 7.45. The predicted octanol–water partition coefficient (Wildman–Crippen LogP) is 0.847. The van der Waals surface area contributed by atoms with E-state index < -0.39 is 66.2 Å². The molecule has 4 amide bonds. The quantitative estimate of drug-likeness (QED) is 0.0973. The summed E-state index contributed by atoms with van der Waals surface area (Å²) < 4.78 is 0. The van der Waals surface area contributed by atoms with Crippen molar-refractivity contribution >= 4 is 46.5 Å². The molecule has 14 nitrogen and oxygen atoms in total. The zero-order valence-corrected chi connectivity index (χ0v) is 26.3. The van der Waals surface area contributed by atoms with Crippen molar-refractivity contribution in [2.45, 2.75) is 70.1 Å². The molecule has 0 radical (unpaired) electrons. The van der Waals surface area contributed by atoms with Crippen LogP contribution < -0.4 is 27.0 Å². The van der Waals surface area contributed by atoms with E-state index in [1.165, 1.54) is 0 Å². The molecule has 14 heteroatoms. The third-order valence-electron chi connectivity index (χ3n) is 7.45. The van der Waals surface area contributed by atoms with Crippen molar-refractivity contribution in [3.63, 3.8) is 0 Å². The van der Waals surface area contributed by atoms with Crippen molar-refractivity contribution < 1.29 is 39.0 Å². The molecule has 0 saturated heterocycles. The summed E-state index contributed by atoms with van der Waals surface area (Å²) in [6, 6.07) is 10.9. The van der Waals surface area contributed by atoms with Gasteiger partial charge >= 0.3 is 11.9 Å². The number of carboxylic acids is 2. The Morgan fingerprint density at radius 2 is 1.34 bits per heavy atom. The predicted molar refractivity (Wildman–Crippen MR) is 173 cm³/mol. The Balaban J connectivity index is 1.83. The lowest BCUT2D eigenvalue weighted by molar-refractivity contribution is -0.143. The van der Waals surface area contributed by atoms with Crippen LogP contribution in [0.5, 0.6) is 0 Å². The summed E-state index contributed by atoms with van der Waals surface area (Å²) in [6.45, 7) is 3.38. The van der Waals surface area contributed by atoms with Crippen LogP contribution in [0.25, 0.3) is 10.9 Å². The van der Waals surface area contributed by atoms with E-state index in [2.05, 4.69) is 26.3 Å². The molecule has 3 aromatic rings. The molecule has 2 aromatic carbocycles. The number of amides is 4. The second-order valence-electron chi connectivity index (χ2n) is 11.7. The van der Waals surface area contributed by atoms with Crippen molar-refractivity contribution in [2.75, 3.05) is 6.54 Å². The zero-order valence-electron chi connectivity index (χ0n) is 26.3. The molecular formula is C33H42N6O8. The smallest absolute Gasteiger partial charge is 0.326 e. The number of carbonyl (C=O) groups is 6. The minimum absolute atomic E-state index is 0.000701. The molecule has 4 atom stereocenters. The van der Waals surface area contributed by atoms with Gasteiger partial charge in [0.15, 0.2) is 0 Å². The number of hydrogen-bond donors (Lipinski definition) is 8. The zero-order chi connectivity index (χ0) is 34.5. The van der Waals surface area contributed by atoms with Crippen LogP contribution in [0.2, 0.25) is 0 Å². The van der Waals surface area contributed by atoms with Crippen LogP contribution in [0.1, 0.15) is 44.2 Å². The number of para-hydroxylation sites is 1. The Hall–Kier alpha value is -5.24. The van der Waals surface area contributed by atoms with Crippen LogP contribution in [-0.2, 0) is 41.6 Å². The number of hydrogen-bond acceptors (Lipinski definition) is 7. The standard InChI is InChI=1S/C33H42N6O8/c1-19(2)14-25(36-28(40)17-34)31(44)38-26(15-20-8-4-3-5-9-20)32(45)37-24(12-13-29(41)42)30(43)39-27(33(46)47)16-21-18-35-23-11-7-6-10-22(21)23/h3-11,18-19,24-27,35H,12-17,34H2,1-2H3,(H,36,40)(H,37,45)(H,38,44)(H,39,43)(H,41,42)(H,46,47)/t24-,25-,26-,27-/m0/s1. The van der Waals surface area contributed by atoms with Crippen LogP contribution in [0.4, 0.5) is 0 Å². The van der Waals surface area contributed by atoms with E-state index in [1.54, 1.807) is 42.6 Å². The first kappa shape index (κ1) is 36.2. The first-order valence-corrected chi connectivity index (χ1v) is 15.3. The van der Waals surface area contributed by atoms with Crippen molar-refractivity contribution in [3.8, 4) is 0 Å². The van der Waals surface area contributed by atoms with Crippen LogP contribution >= 0.6 is 0 Å². The Kier molecular flexibility index (Phi) is 13.5. The maximum atomic E-state index is 13.7. The van der Waals surface area contributed by atoms with E-state index in [0.29, 0.717) is 11.1 Å². The number of carboxylic acid groups (broad SMARTS) is 2. The average molecular weight is 651 g/mol. The monoisotopic (exact) mass is 650 g/mol. The summed E-state index contributed by atoms with van der Waals surface area (Å²) in [5.74, 6) is -5.45. The topological polar surface area (TPSA) is 233 Å². The number of fused-ring (bicyclic) bond motifs is 1. The number of nitrogens with one attached hydrogen (secondary N) is 5. The van der Waals surface area contributed by atoms with E-state index >= 15 is 0 Å². The molecule has 0 saturated carbocycles. The number of H-pyrrole nitrogens is 1. The van der Waals surface area contributed by atoms with Crippen LogP contribution in [-0.4, -0.2) is 81.5 Å². The highest BCUT2D eigenvalue weighted by Gasteiger charge is 2.32. The van der Waals surface area contributed by atoms with Gasteiger partial charge in [0.1, 0.15) is 24.2 Å². The van der Waals surface area contributed by atoms with Gasteiger partial charge in [-0.2, -0.15) is 0 Å². The van der Waals surface area contributed by atoms with E-state index in [9.17, 15) is 39.0 Å². The Morgan fingerprint density at radius 3 is 1.98 bits per heavy atom. The summed E-state index contributed by atoms with van der Waals surface area (Å²) >= 11 is 0. The van der Waals surface area contributed by atoms with E-state index in [4.69, 9.17) is 5.73 Å². The summed E-state index contributed by atoms with van der Waals surface area (Å²) in [5.41, 5.74) is 7.53. The lowest BCUT2D eigenvalue weighted by atomic mass is 10.0. The molecule has 0 aliphatic rings. The van der Waals surface area contributed by atoms with Gasteiger partial charge in [0.2, 0.25) is 23.6 Å². The number of aliphatic carboxylic acids is 2. The van der Waals surface area contributed by atoms with Crippen molar-refractivity contribution in [3.05, 3.63) is 71.9 Å². The number of aromatic nitrogens is 1. The number of benzene rings is 2. The summed E-state index contributed by atoms with van der Waals surface area (Å²) in [6.07, 6.45) is 0.979. The number of aromatic amines is 1. The number of carbonyl (C=O) groups excluding carboxylic acids is 4.